The van der Waals surface area contributed by atoms with Crippen molar-refractivity contribution in [2.45, 2.75) is 145 Å². The van der Waals surface area contributed by atoms with Gasteiger partial charge in [0.2, 0.25) is 0 Å². The molecule has 7 rings (SSSR count). The minimum Gasteiger partial charge on any atom is -0.458 e. The SMILES string of the molecule is CON([C@H]1CC[C@@]2(C)C(CCC3C2CC[C@]2(C)[C@@H](C4=CC(=O)OC4)CC[C@]32O)C1)[C@@H]1O[C@H](CO)[C@@H](O[C@H]2O[C@H](CO)[C@@H](O)[C@H](O)[C@H]2O)[C@H](O)[C@H]1O. The van der Waals surface area contributed by atoms with Crippen molar-refractivity contribution in [2.24, 2.45) is 34.5 Å². The van der Waals surface area contributed by atoms with E-state index in [0.717, 1.165) is 50.5 Å². The number of carbonyl (C=O) groups excluding carboxylic acids is 1. The van der Waals surface area contributed by atoms with Crippen molar-refractivity contribution in [1.82, 2.24) is 5.06 Å². The van der Waals surface area contributed by atoms with Gasteiger partial charge in [-0.1, -0.05) is 13.8 Å². The normalized spacial score (nSPS) is 52.9. The molecule has 0 aromatic carbocycles. The van der Waals surface area contributed by atoms with Gasteiger partial charge in [0, 0.05) is 17.5 Å². The molecular weight excluding hydrogens is 670 g/mol. The monoisotopic (exact) mass is 727 g/mol. The van der Waals surface area contributed by atoms with Gasteiger partial charge in [-0.25, -0.2) is 4.79 Å². The van der Waals surface area contributed by atoms with Crippen LogP contribution >= 0.6 is 0 Å². The fourth-order valence-electron chi connectivity index (χ4n) is 11.9. The van der Waals surface area contributed by atoms with Crippen LogP contribution in [0.3, 0.4) is 0 Å². The van der Waals surface area contributed by atoms with Crippen LogP contribution in [0.4, 0.5) is 0 Å². The van der Waals surface area contributed by atoms with Crippen molar-refractivity contribution in [3.63, 3.8) is 0 Å². The van der Waals surface area contributed by atoms with Gasteiger partial charge in [0.25, 0.3) is 0 Å². The van der Waals surface area contributed by atoms with Gasteiger partial charge in [0.05, 0.1) is 25.9 Å². The Bertz CT molecular complexity index is 1320. The average molecular weight is 728 g/mol. The first kappa shape index (κ1) is 38.0. The highest BCUT2D eigenvalue weighted by Gasteiger charge is 2.68. The molecule has 290 valence electrons. The van der Waals surface area contributed by atoms with E-state index in [0.29, 0.717) is 31.3 Å². The Kier molecular flexibility index (Phi) is 10.5. The number of hydrogen-bond acceptors (Lipinski definition) is 15. The Hall–Kier alpha value is -1.31. The van der Waals surface area contributed by atoms with E-state index in [1.54, 1.807) is 11.1 Å². The molecule has 0 bridgehead atoms. The molecular formula is C36H57NO14. The molecule has 18 atom stereocenters. The summed E-state index contributed by atoms with van der Waals surface area (Å²) in [5.41, 5.74) is -0.141. The summed E-state index contributed by atoms with van der Waals surface area (Å²) in [6, 6.07) is -0.182. The highest BCUT2D eigenvalue weighted by atomic mass is 16.7. The van der Waals surface area contributed by atoms with Crippen LogP contribution in [0.5, 0.6) is 0 Å². The third-order valence-corrected chi connectivity index (χ3v) is 14.8. The van der Waals surface area contributed by atoms with Crippen LogP contribution < -0.4 is 0 Å². The van der Waals surface area contributed by atoms with E-state index >= 15 is 0 Å². The number of carbonyl (C=O) groups is 1. The quantitative estimate of drug-likeness (QED) is 0.112. The summed E-state index contributed by atoms with van der Waals surface area (Å²) in [4.78, 5) is 17.8. The number of nitrogens with zero attached hydrogens (tertiary/aromatic N) is 1. The lowest BCUT2D eigenvalue weighted by Crippen LogP contribution is -2.68. The lowest BCUT2D eigenvalue weighted by molar-refractivity contribution is -0.374. The predicted molar refractivity (Wildman–Crippen MR) is 175 cm³/mol. The fraction of sp³-hybridized carbons (Fsp3) is 0.917. The number of aliphatic hydroxyl groups excluding tert-OH is 7. The summed E-state index contributed by atoms with van der Waals surface area (Å²) in [5, 5.41) is 87.5. The van der Waals surface area contributed by atoms with E-state index in [9.17, 15) is 45.6 Å². The number of rotatable bonds is 8. The number of esters is 1. The van der Waals surface area contributed by atoms with Crippen LogP contribution in [0, 0.1) is 34.5 Å². The minimum atomic E-state index is -1.75. The third-order valence-electron chi connectivity index (χ3n) is 14.8. The second kappa shape index (κ2) is 14.1. The van der Waals surface area contributed by atoms with Gasteiger partial charge in [0.15, 0.2) is 12.5 Å². The summed E-state index contributed by atoms with van der Waals surface area (Å²) in [5.74, 6) is 0.638. The first-order valence-electron chi connectivity index (χ1n) is 18.7. The summed E-state index contributed by atoms with van der Waals surface area (Å²) in [6.45, 7) is 3.60. The highest BCUT2D eigenvalue weighted by molar-refractivity contribution is 5.85. The Morgan fingerprint density at radius 2 is 1.59 bits per heavy atom. The van der Waals surface area contributed by atoms with E-state index in [1.165, 1.54) is 7.11 Å². The summed E-state index contributed by atoms with van der Waals surface area (Å²) < 4.78 is 22.6. The molecule has 0 amide bonds. The standard InChI is InChI=1S/C36H57NO14/c1-34-9-6-19(13-18(34)4-5-22-21(34)7-10-35(2)20(8-11-36(22,35)46)17-12-25(40)48-16-17)37(47-3)32-29(44)28(43)31(24(15-39)49-32)51-33-30(45)27(42)26(41)23(14-38)50-33/h12,18-24,26-33,38-39,41-46H,4-11,13-16H2,1-3H3/t18?,19-,20+,21?,22?,23+,24+,26+,27-,28+,29+,30+,31+,32+,33+,34-,35+,36-/m0/s1. The molecule has 7 aliphatic rings. The zero-order chi connectivity index (χ0) is 36.6. The molecule has 4 saturated carbocycles. The molecule has 2 saturated heterocycles. The van der Waals surface area contributed by atoms with Gasteiger partial charge in [-0.05, 0) is 92.4 Å². The topological polar surface area (TPSA) is 228 Å². The molecule has 51 heavy (non-hydrogen) atoms. The summed E-state index contributed by atoms with van der Waals surface area (Å²) in [6.07, 6.45) is -5.66. The van der Waals surface area contributed by atoms with Crippen LogP contribution in [0.1, 0.15) is 71.6 Å². The maximum atomic E-state index is 12.6. The third kappa shape index (κ3) is 5.94. The number of fused-ring (bicyclic) bond motifs is 5. The van der Waals surface area contributed by atoms with Gasteiger partial charge < -0.3 is 59.8 Å². The van der Waals surface area contributed by atoms with Crippen molar-refractivity contribution in [2.75, 3.05) is 26.9 Å². The Labute approximate surface area is 298 Å². The van der Waals surface area contributed by atoms with Gasteiger partial charge in [0.1, 0.15) is 55.4 Å². The molecule has 3 unspecified atom stereocenters. The Morgan fingerprint density at radius 1 is 0.843 bits per heavy atom. The first-order valence-corrected chi connectivity index (χ1v) is 18.7. The van der Waals surface area contributed by atoms with Crippen LogP contribution in [-0.2, 0) is 28.6 Å². The molecule has 6 fully saturated rings. The second-order valence-electron chi connectivity index (χ2n) is 16.8. The van der Waals surface area contributed by atoms with E-state index in [4.69, 9.17) is 23.8 Å². The molecule has 15 heteroatoms. The van der Waals surface area contributed by atoms with Crippen molar-refractivity contribution in [1.29, 1.82) is 0 Å². The van der Waals surface area contributed by atoms with Crippen molar-refractivity contribution in [3.8, 4) is 0 Å². The largest absolute Gasteiger partial charge is 0.458 e. The van der Waals surface area contributed by atoms with Crippen molar-refractivity contribution in [3.05, 3.63) is 11.6 Å². The summed E-state index contributed by atoms with van der Waals surface area (Å²) >= 11 is 0. The molecule has 15 nitrogen and oxygen atoms in total. The van der Waals surface area contributed by atoms with Crippen molar-refractivity contribution < 1.29 is 69.4 Å². The molecule has 0 spiro atoms. The maximum Gasteiger partial charge on any atom is 0.331 e. The average Bonchev–Trinajstić information content (AvgIpc) is 3.67. The molecule has 0 radical (unpaired) electrons. The molecule has 3 aliphatic heterocycles. The second-order valence-corrected chi connectivity index (χ2v) is 16.8. The van der Waals surface area contributed by atoms with Gasteiger partial charge in [-0.15, -0.1) is 0 Å². The predicted octanol–water partition coefficient (Wildman–Crippen LogP) is -0.900. The Morgan fingerprint density at radius 3 is 2.25 bits per heavy atom. The number of cyclic esters (lactones) is 1. The van der Waals surface area contributed by atoms with E-state index in [1.807, 2.05) is 0 Å². The zero-order valence-corrected chi connectivity index (χ0v) is 29.7. The van der Waals surface area contributed by atoms with Gasteiger partial charge >= 0.3 is 5.97 Å². The minimum absolute atomic E-state index is 0.0246. The van der Waals surface area contributed by atoms with Crippen LogP contribution in [0.15, 0.2) is 11.6 Å². The lowest BCUT2D eigenvalue weighted by Gasteiger charge is -2.64. The lowest BCUT2D eigenvalue weighted by atomic mass is 9.43. The molecule has 8 N–H and O–H groups in total. The summed E-state index contributed by atoms with van der Waals surface area (Å²) in [7, 11) is 1.48. The Balaban J connectivity index is 1.03. The number of hydroxylamine groups is 2. The first-order chi connectivity index (χ1) is 24.2. The smallest absolute Gasteiger partial charge is 0.331 e. The zero-order valence-electron chi connectivity index (χ0n) is 29.7. The molecule has 3 heterocycles. The van der Waals surface area contributed by atoms with Crippen LogP contribution in [-0.4, -0.2) is 152 Å². The maximum absolute atomic E-state index is 12.6. The fourth-order valence-corrected chi connectivity index (χ4v) is 11.9. The molecule has 0 aromatic rings. The van der Waals surface area contributed by atoms with E-state index in [2.05, 4.69) is 13.8 Å². The molecule has 4 aliphatic carbocycles. The van der Waals surface area contributed by atoms with E-state index < -0.39 is 80.2 Å². The van der Waals surface area contributed by atoms with E-state index in [-0.39, 0.29) is 34.7 Å². The number of ether oxygens (including phenoxy) is 4. The molecule has 0 aromatic heterocycles. The van der Waals surface area contributed by atoms with Gasteiger partial charge in [-0.2, -0.15) is 5.06 Å². The van der Waals surface area contributed by atoms with Gasteiger partial charge in [-0.3, -0.25) is 4.84 Å². The van der Waals surface area contributed by atoms with Crippen LogP contribution in [0.25, 0.3) is 0 Å². The highest BCUT2D eigenvalue weighted by Crippen LogP contribution is 2.70. The number of hydrogen-bond donors (Lipinski definition) is 8. The number of aliphatic hydroxyl groups is 8. The van der Waals surface area contributed by atoms with Crippen LogP contribution in [0.2, 0.25) is 0 Å². The van der Waals surface area contributed by atoms with Crippen molar-refractivity contribution >= 4 is 5.97 Å².